The molecule has 1 aromatic heterocycles. The van der Waals surface area contributed by atoms with E-state index < -0.39 is 18.1 Å². The van der Waals surface area contributed by atoms with E-state index in [9.17, 15) is 22.8 Å². The molecule has 41 heavy (non-hydrogen) atoms. The normalized spacial score (nSPS) is 14.0. The van der Waals surface area contributed by atoms with Gasteiger partial charge in [0.25, 0.3) is 5.91 Å². The molecule has 0 unspecified atom stereocenters. The summed E-state index contributed by atoms with van der Waals surface area (Å²) in [6, 6.07) is 14.9. The number of H-pyrrole nitrogens is 1. The molecule has 3 amide bonds. The Morgan fingerprint density at radius 3 is 2.49 bits per heavy atom. The molecule has 0 saturated carbocycles. The van der Waals surface area contributed by atoms with Crippen LogP contribution in [0.4, 0.5) is 29.3 Å². The number of piperazine rings is 1. The number of amides is 3. The van der Waals surface area contributed by atoms with Gasteiger partial charge in [0.1, 0.15) is 5.75 Å². The number of rotatable bonds is 8. The summed E-state index contributed by atoms with van der Waals surface area (Å²) in [4.78, 5) is 27.7. The van der Waals surface area contributed by atoms with Crippen LogP contribution in [-0.2, 0) is 0 Å². The summed E-state index contributed by atoms with van der Waals surface area (Å²) < 4.78 is 41.3. The van der Waals surface area contributed by atoms with Crippen molar-refractivity contribution in [2.75, 3.05) is 49.9 Å². The van der Waals surface area contributed by atoms with E-state index in [1.54, 1.807) is 36.5 Å². The van der Waals surface area contributed by atoms with Crippen molar-refractivity contribution in [1.29, 1.82) is 0 Å². The van der Waals surface area contributed by atoms with Crippen molar-refractivity contribution in [1.82, 2.24) is 25.7 Å². The lowest BCUT2D eigenvalue weighted by Gasteiger charge is -2.27. The summed E-state index contributed by atoms with van der Waals surface area (Å²) in [5, 5.41) is 19.3. The molecule has 1 fully saturated rings. The summed E-state index contributed by atoms with van der Waals surface area (Å²) in [6.45, 7) is 5.12. The topological polar surface area (TPSA) is 123 Å². The summed E-state index contributed by atoms with van der Waals surface area (Å²) in [5.74, 6) is -0.627. The molecular formula is C28H28F3N7O3. The zero-order valence-corrected chi connectivity index (χ0v) is 21.8. The first-order chi connectivity index (χ1) is 19.7. The van der Waals surface area contributed by atoms with E-state index in [0.29, 0.717) is 23.3 Å². The van der Waals surface area contributed by atoms with E-state index in [4.69, 9.17) is 0 Å². The number of nitrogens with zero attached hydrogens (tertiary/aromatic N) is 2. The first-order valence-electron chi connectivity index (χ1n) is 13.0. The van der Waals surface area contributed by atoms with Crippen LogP contribution in [0.2, 0.25) is 0 Å². The fourth-order valence-electron chi connectivity index (χ4n) is 4.58. The minimum absolute atomic E-state index is 0.131. The first kappa shape index (κ1) is 27.9. The highest BCUT2D eigenvalue weighted by molar-refractivity contribution is 6.04. The number of hydrogen-bond acceptors (Lipinski definition) is 6. The number of anilines is 2. The Labute approximate surface area is 233 Å². The van der Waals surface area contributed by atoms with Crippen molar-refractivity contribution < 1.29 is 27.5 Å². The van der Waals surface area contributed by atoms with Crippen LogP contribution in [0.3, 0.4) is 0 Å². The van der Waals surface area contributed by atoms with E-state index in [2.05, 4.69) is 41.1 Å². The molecule has 0 atom stereocenters. The van der Waals surface area contributed by atoms with Crippen LogP contribution in [-0.4, -0.2) is 72.7 Å². The molecule has 214 valence electrons. The third-order valence-electron chi connectivity index (χ3n) is 6.52. The van der Waals surface area contributed by atoms with Crippen LogP contribution in [0, 0.1) is 0 Å². The van der Waals surface area contributed by atoms with Crippen LogP contribution in [0.25, 0.3) is 22.0 Å². The number of ether oxygens (including phenoxy) is 1. The second-order valence-electron chi connectivity index (χ2n) is 9.43. The molecule has 1 aliphatic heterocycles. The summed E-state index contributed by atoms with van der Waals surface area (Å²) in [5.41, 5.74) is 3.39. The average molecular weight is 568 g/mol. The van der Waals surface area contributed by atoms with Crippen molar-refractivity contribution >= 4 is 34.2 Å². The van der Waals surface area contributed by atoms with Gasteiger partial charge in [0.2, 0.25) is 0 Å². The molecule has 0 aliphatic carbocycles. The Bertz CT molecular complexity index is 1520. The molecule has 1 saturated heterocycles. The first-order valence-corrected chi connectivity index (χ1v) is 13.0. The maximum atomic E-state index is 13.0. The zero-order valence-electron chi connectivity index (χ0n) is 21.8. The number of carbonyl (C=O) groups is 2. The highest BCUT2D eigenvalue weighted by Crippen LogP contribution is 2.30. The lowest BCUT2D eigenvalue weighted by atomic mass is 9.98. The largest absolute Gasteiger partial charge is 0.573 e. The highest BCUT2D eigenvalue weighted by Gasteiger charge is 2.31. The van der Waals surface area contributed by atoms with Crippen LogP contribution in [0.15, 0.2) is 66.9 Å². The van der Waals surface area contributed by atoms with Crippen LogP contribution in [0.1, 0.15) is 10.4 Å². The second kappa shape index (κ2) is 12.3. The summed E-state index contributed by atoms with van der Waals surface area (Å²) in [7, 11) is 0. The molecule has 0 spiro atoms. The van der Waals surface area contributed by atoms with Crippen molar-refractivity contribution in [2.45, 2.75) is 6.36 Å². The molecule has 5 N–H and O–H groups in total. The molecule has 1 aliphatic rings. The summed E-state index contributed by atoms with van der Waals surface area (Å²) >= 11 is 0. The van der Waals surface area contributed by atoms with Crippen LogP contribution < -0.4 is 26.0 Å². The standard InChI is InChI=1S/C28H28F3N7O3/c29-28(30,31)41-22-3-1-2-21(16-22)36-27(40)35-20-6-4-18(5-7-20)23-14-19(15-25-24(23)17-34-37-25)26(39)33-10-13-38-11-8-32-9-12-38/h1-7,14-17,32H,8-13H2,(H,33,39)(H,34,37)(H2,35,36,40). The average Bonchev–Trinajstić information content (AvgIpc) is 3.42. The number of aromatic amines is 1. The second-order valence-corrected chi connectivity index (χ2v) is 9.43. The van der Waals surface area contributed by atoms with Gasteiger partial charge in [-0.2, -0.15) is 5.10 Å². The van der Waals surface area contributed by atoms with Crippen molar-refractivity contribution in [2.24, 2.45) is 0 Å². The van der Waals surface area contributed by atoms with Gasteiger partial charge in [0, 0.05) is 67.7 Å². The third kappa shape index (κ3) is 7.52. The van der Waals surface area contributed by atoms with Gasteiger partial charge in [-0.3, -0.25) is 14.8 Å². The quantitative estimate of drug-likeness (QED) is 0.215. The Morgan fingerprint density at radius 1 is 0.976 bits per heavy atom. The number of urea groups is 1. The maximum Gasteiger partial charge on any atom is 0.573 e. The molecule has 2 heterocycles. The number of aromatic nitrogens is 2. The Morgan fingerprint density at radius 2 is 1.73 bits per heavy atom. The van der Waals surface area contributed by atoms with Gasteiger partial charge < -0.3 is 26.0 Å². The minimum Gasteiger partial charge on any atom is -0.406 e. The minimum atomic E-state index is -4.83. The van der Waals surface area contributed by atoms with E-state index in [-0.39, 0.29) is 11.6 Å². The number of benzene rings is 3. The van der Waals surface area contributed by atoms with Gasteiger partial charge in [-0.1, -0.05) is 18.2 Å². The molecule has 5 rings (SSSR count). The van der Waals surface area contributed by atoms with Crippen molar-refractivity contribution in [3.05, 3.63) is 72.4 Å². The van der Waals surface area contributed by atoms with Crippen molar-refractivity contribution in [3.63, 3.8) is 0 Å². The van der Waals surface area contributed by atoms with Crippen LogP contribution >= 0.6 is 0 Å². The predicted molar refractivity (Wildman–Crippen MR) is 149 cm³/mol. The monoisotopic (exact) mass is 567 g/mol. The van der Waals surface area contributed by atoms with Gasteiger partial charge in [0.15, 0.2) is 0 Å². The molecule has 13 heteroatoms. The SMILES string of the molecule is O=C(Nc1ccc(-c2cc(C(=O)NCCN3CCNCC3)cc3[nH]ncc23)cc1)Nc1cccc(OC(F)(F)F)c1. The fourth-order valence-corrected chi connectivity index (χ4v) is 4.58. The van der Waals surface area contributed by atoms with Gasteiger partial charge in [-0.15, -0.1) is 13.2 Å². The van der Waals surface area contributed by atoms with Gasteiger partial charge in [0.05, 0.1) is 11.7 Å². The number of fused-ring (bicyclic) bond motifs is 1. The third-order valence-corrected chi connectivity index (χ3v) is 6.52. The van der Waals surface area contributed by atoms with Gasteiger partial charge >= 0.3 is 12.4 Å². The predicted octanol–water partition coefficient (Wildman–Crippen LogP) is 4.41. The Hall–Kier alpha value is -4.62. The fraction of sp³-hybridized carbons (Fsp3) is 0.250. The number of carbonyl (C=O) groups excluding carboxylic acids is 2. The molecule has 0 radical (unpaired) electrons. The van der Waals surface area contributed by atoms with E-state index in [1.165, 1.54) is 12.1 Å². The summed E-state index contributed by atoms with van der Waals surface area (Å²) in [6.07, 6.45) is -3.15. The number of hydrogen-bond donors (Lipinski definition) is 5. The maximum absolute atomic E-state index is 13.0. The van der Waals surface area contributed by atoms with E-state index in [1.807, 2.05) is 6.07 Å². The Kier molecular flexibility index (Phi) is 8.36. The zero-order chi connectivity index (χ0) is 28.8. The molecule has 4 aromatic rings. The molecule has 0 bridgehead atoms. The highest BCUT2D eigenvalue weighted by atomic mass is 19.4. The van der Waals surface area contributed by atoms with E-state index in [0.717, 1.165) is 61.4 Å². The molecular weight excluding hydrogens is 539 g/mol. The van der Waals surface area contributed by atoms with Crippen LogP contribution in [0.5, 0.6) is 5.75 Å². The molecule has 3 aromatic carbocycles. The number of nitrogens with one attached hydrogen (secondary N) is 5. The lowest BCUT2D eigenvalue weighted by Crippen LogP contribution is -2.46. The smallest absolute Gasteiger partial charge is 0.406 e. The van der Waals surface area contributed by atoms with Gasteiger partial charge in [-0.05, 0) is 47.5 Å². The number of alkyl halides is 3. The lowest BCUT2D eigenvalue weighted by molar-refractivity contribution is -0.274. The molecule has 10 nitrogen and oxygen atoms in total. The van der Waals surface area contributed by atoms with E-state index >= 15 is 0 Å². The number of halogens is 3. The van der Waals surface area contributed by atoms with Crippen molar-refractivity contribution in [3.8, 4) is 16.9 Å². The van der Waals surface area contributed by atoms with Gasteiger partial charge in [-0.25, -0.2) is 4.79 Å². The Balaban J connectivity index is 1.24.